The largest absolute Gasteiger partial charge is 0.494 e. The molecule has 1 aromatic carbocycles. The van der Waals surface area contributed by atoms with Gasteiger partial charge in [0.25, 0.3) is 0 Å². The van der Waals surface area contributed by atoms with Gasteiger partial charge in [0, 0.05) is 45.3 Å². The molecule has 0 unspecified atom stereocenters. The lowest BCUT2D eigenvalue weighted by molar-refractivity contribution is 0.122. The molecule has 0 saturated carbocycles. The van der Waals surface area contributed by atoms with E-state index in [9.17, 15) is 8.42 Å². The summed E-state index contributed by atoms with van der Waals surface area (Å²) in [6.07, 6.45) is 0. The average Bonchev–Trinajstić information content (AvgIpc) is 2.85. The van der Waals surface area contributed by atoms with Gasteiger partial charge in [0.15, 0.2) is 11.6 Å². The Morgan fingerprint density at radius 1 is 0.848 bits per heavy atom. The number of nitrogens with zero attached hydrogens (tertiary/aromatic N) is 5. The monoisotopic (exact) mass is 477 g/mol. The van der Waals surface area contributed by atoms with Crippen molar-refractivity contribution in [1.29, 1.82) is 0 Å². The Balaban J connectivity index is 1.43. The van der Waals surface area contributed by atoms with Crippen molar-refractivity contribution < 1.29 is 22.6 Å². The fourth-order valence-corrected chi connectivity index (χ4v) is 5.51. The van der Waals surface area contributed by atoms with Crippen LogP contribution in [0.15, 0.2) is 35.2 Å². The molecule has 2 saturated heterocycles. The highest BCUT2D eigenvalue weighted by Gasteiger charge is 2.31. The van der Waals surface area contributed by atoms with Crippen LogP contribution in [-0.4, -0.2) is 88.6 Å². The predicted octanol–water partition coefficient (Wildman–Crippen LogP) is 1.62. The molecule has 11 heteroatoms. The highest BCUT2D eigenvalue weighted by atomic mass is 32.2. The summed E-state index contributed by atoms with van der Waals surface area (Å²) in [6, 6.07) is 8.78. The number of piperazine rings is 1. The van der Waals surface area contributed by atoms with E-state index in [0.29, 0.717) is 64.1 Å². The number of hydrogen-bond acceptors (Lipinski definition) is 9. The fourth-order valence-electron chi connectivity index (χ4n) is 3.97. The zero-order valence-electron chi connectivity index (χ0n) is 19.1. The van der Waals surface area contributed by atoms with E-state index in [1.165, 1.54) is 4.31 Å². The number of benzene rings is 1. The van der Waals surface area contributed by atoms with Crippen LogP contribution in [0.1, 0.15) is 13.8 Å². The highest BCUT2D eigenvalue weighted by molar-refractivity contribution is 7.89. The van der Waals surface area contributed by atoms with E-state index in [1.807, 2.05) is 26.0 Å². The molecule has 0 amide bonds. The number of sulfonamides is 1. The second kappa shape index (κ2) is 10.5. The molecule has 2 fully saturated rings. The second-order valence-electron chi connectivity index (χ2n) is 7.71. The molecule has 3 heterocycles. The van der Waals surface area contributed by atoms with E-state index in [1.54, 1.807) is 18.2 Å². The van der Waals surface area contributed by atoms with Gasteiger partial charge in [-0.25, -0.2) is 8.42 Å². The van der Waals surface area contributed by atoms with Gasteiger partial charge in [-0.3, -0.25) is 0 Å². The van der Waals surface area contributed by atoms with Crippen molar-refractivity contribution in [2.45, 2.75) is 18.7 Å². The van der Waals surface area contributed by atoms with E-state index >= 15 is 0 Å². The smallest absolute Gasteiger partial charge is 0.246 e. The highest BCUT2D eigenvalue weighted by Crippen LogP contribution is 2.32. The summed E-state index contributed by atoms with van der Waals surface area (Å²) in [5, 5.41) is 8.75. The minimum atomic E-state index is -3.70. The summed E-state index contributed by atoms with van der Waals surface area (Å²) in [7, 11) is -3.70. The van der Waals surface area contributed by atoms with Gasteiger partial charge >= 0.3 is 0 Å². The molecular formula is C22H31N5O5S. The maximum Gasteiger partial charge on any atom is 0.246 e. The Morgan fingerprint density at radius 3 is 2.03 bits per heavy atom. The predicted molar refractivity (Wildman–Crippen MR) is 125 cm³/mol. The number of anilines is 2. The van der Waals surface area contributed by atoms with Crippen LogP contribution in [-0.2, 0) is 14.8 Å². The molecule has 0 atom stereocenters. The van der Waals surface area contributed by atoms with Crippen LogP contribution < -0.4 is 19.3 Å². The normalized spacial score (nSPS) is 17.8. The molecule has 4 rings (SSSR count). The zero-order valence-corrected chi connectivity index (χ0v) is 20.0. The van der Waals surface area contributed by atoms with Crippen LogP contribution in [0.3, 0.4) is 0 Å². The number of rotatable bonds is 8. The standard InChI is InChI=1S/C22H31N5O5S/c1-3-31-18-5-6-20(19(17-18)32-4-2)33(28,29)27-11-9-25(10-12-27)21-7-8-22(24-23-21)26-13-15-30-16-14-26/h5-8,17H,3-4,9-16H2,1-2H3. The van der Waals surface area contributed by atoms with Gasteiger partial charge in [-0.15, -0.1) is 10.2 Å². The van der Waals surface area contributed by atoms with Crippen molar-refractivity contribution in [2.75, 3.05) is 75.5 Å². The first-order chi connectivity index (χ1) is 16.0. The molecule has 2 aliphatic heterocycles. The minimum Gasteiger partial charge on any atom is -0.494 e. The van der Waals surface area contributed by atoms with E-state index < -0.39 is 10.0 Å². The van der Waals surface area contributed by atoms with Gasteiger partial charge in [0.1, 0.15) is 16.4 Å². The van der Waals surface area contributed by atoms with Gasteiger partial charge < -0.3 is 24.0 Å². The van der Waals surface area contributed by atoms with Gasteiger partial charge in [-0.2, -0.15) is 4.31 Å². The first-order valence-corrected chi connectivity index (χ1v) is 12.8. The van der Waals surface area contributed by atoms with Crippen molar-refractivity contribution in [2.24, 2.45) is 0 Å². The van der Waals surface area contributed by atoms with Crippen LogP contribution in [0.2, 0.25) is 0 Å². The van der Waals surface area contributed by atoms with Crippen molar-refractivity contribution in [3.8, 4) is 11.5 Å². The maximum absolute atomic E-state index is 13.4. The Bertz CT molecular complexity index is 1020. The van der Waals surface area contributed by atoms with E-state index in [2.05, 4.69) is 20.0 Å². The molecule has 2 aliphatic rings. The van der Waals surface area contributed by atoms with Crippen molar-refractivity contribution in [1.82, 2.24) is 14.5 Å². The molecular weight excluding hydrogens is 446 g/mol. The van der Waals surface area contributed by atoms with E-state index in [-0.39, 0.29) is 4.90 Å². The summed E-state index contributed by atoms with van der Waals surface area (Å²) in [5.41, 5.74) is 0. The number of ether oxygens (including phenoxy) is 3. The minimum absolute atomic E-state index is 0.163. The number of aromatic nitrogens is 2. The Labute approximate surface area is 195 Å². The lowest BCUT2D eigenvalue weighted by atomic mass is 10.3. The molecule has 10 nitrogen and oxygen atoms in total. The lowest BCUT2D eigenvalue weighted by Crippen LogP contribution is -2.49. The Morgan fingerprint density at radius 2 is 1.45 bits per heavy atom. The maximum atomic E-state index is 13.4. The quantitative estimate of drug-likeness (QED) is 0.562. The van der Waals surface area contributed by atoms with Crippen LogP contribution in [0.5, 0.6) is 11.5 Å². The molecule has 33 heavy (non-hydrogen) atoms. The van der Waals surface area contributed by atoms with Gasteiger partial charge in [0.05, 0.1) is 26.4 Å². The van der Waals surface area contributed by atoms with Crippen molar-refractivity contribution in [3.05, 3.63) is 30.3 Å². The van der Waals surface area contributed by atoms with Gasteiger partial charge in [-0.05, 0) is 38.1 Å². The fraction of sp³-hybridized carbons (Fsp3) is 0.545. The van der Waals surface area contributed by atoms with E-state index in [4.69, 9.17) is 14.2 Å². The number of morpholine rings is 1. The number of hydrogen-bond donors (Lipinski definition) is 0. The van der Waals surface area contributed by atoms with Gasteiger partial charge in [0.2, 0.25) is 10.0 Å². The molecule has 0 spiro atoms. The molecule has 0 bridgehead atoms. The summed E-state index contributed by atoms with van der Waals surface area (Å²) in [5.74, 6) is 2.49. The van der Waals surface area contributed by atoms with Gasteiger partial charge in [-0.1, -0.05) is 0 Å². The first kappa shape index (κ1) is 23.5. The Kier molecular flexibility index (Phi) is 7.51. The lowest BCUT2D eigenvalue weighted by Gasteiger charge is -2.35. The molecule has 1 aromatic heterocycles. The third-order valence-corrected chi connectivity index (χ3v) is 7.62. The molecule has 180 valence electrons. The SMILES string of the molecule is CCOc1ccc(S(=O)(=O)N2CCN(c3ccc(N4CCOCC4)nn3)CC2)c(OCC)c1. The topological polar surface area (TPSA) is 97.3 Å². The Hall–Kier alpha value is -2.63. The van der Waals surface area contributed by atoms with Crippen LogP contribution in [0.4, 0.5) is 11.6 Å². The average molecular weight is 478 g/mol. The van der Waals surface area contributed by atoms with E-state index in [0.717, 1.165) is 24.7 Å². The summed E-state index contributed by atoms with van der Waals surface area (Å²) >= 11 is 0. The van der Waals surface area contributed by atoms with Crippen LogP contribution in [0, 0.1) is 0 Å². The zero-order chi connectivity index (χ0) is 23.3. The molecule has 0 radical (unpaired) electrons. The van der Waals surface area contributed by atoms with Crippen LogP contribution in [0.25, 0.3) is 0 Å². The van der Waals surface area contributed by atoms with Crippen molar-refractivity contribution >= 4 is 21.7 Å². The van der Waals surface area contributed by atoms with Crippen LogP contribution >= 0.6 is 0 Å². The molecule has 0 aliphatic carbocycles. The summed E-state index contributed by atoms with van der Waals surface area (Å²) < 4.78 is 44.7. The molecule has 0 N–H and O–H groups in total. The second-order valence-corrected chi connectivity index (χ2v) is 9.62. The third kappa shape index (κ3) is 5.31. The van der Waals surface area contributed by atoms with Crippen molar-refractivity contribution in [3.63, 3.8) is 0 Å². The third-order valence-electron chi connectivity index (χ3n) is 5.68. The first-order valence-electron chi connectivity index (χ1n) is 11.3. The molecule has 2 aromatic rings. The summed E-state index contributed by atoms with van der Waals surface area (Å²) in [6.45, 7) is 9.34. The summed E-state index contributed by atoms with van der Waals surface area (Å²) in [4.78, 5) is 4.37.